The predicted molar refractivity (Wildman–Crippen MR) is 57.3 cm³/mol. The second-order valence-electron chi connectivity index (χ2n) is 4.34. The first-order valence-electron chi connectivity index (χ1n) is 5.63. The average Bonchev–Trinajstić information content (AvgIpc) is 3.02. The molecule has 2 heteroatoms. The quantitative estimate of drug-likeness (QED) is 0.728. The molecule has 2 rings (SSSR count). The summed E-state index contributed by atoms with van der Waals surface area (Å²) in [5, 5.41) is 0. The number of hydrogen-bond donors (Lipinski definition) is 0. The van der Waals surface area contributed by atoms with Crippen molar-refractivity contribution in [3.63, 3.8) is 0 Å². The van der Waals surface area contributed by atoms with Crippen LogP contribution >= 0.6 is 0 Å². The van der Waals surface area contributed by atoms with Gasteiger partial charge in [0.1, 0.15) is 5.82 Å². The third-order valence-electron chi connectivity index (χ3n) is 2.93. The molecule has 0 aliphatic heterocycles. The minimum absolute atomic E-state index is 0.605. The van der Waals surface area contributed by atoms with Crippen molar-refractivity contribution in [2.24, 2.45) is 0 Å². The standard InChI is InChI=1S/C12H18N2/c1-3-4-9(2)11-7-13-12(14-8-11)10-5-6-10/h7-10H,3-6H2,1-2H3. The van der Waals surface area contributed by atoms with E-state index in [1.807, 2.05) is 12.4 Å². The zero-order valence-electron chi connectivity index (χ0n) is 9.03. The van der Waals surface area contributed by atoms with Gasteiger partial charge in [0, 0.05) is 18.3 Å². The van der Waals surface area contributed by atoms with Crippen molar-refractivity contribution in [1.29, 1.82) is 0 Å². The Balaban J connectivity index is 2.04. The molecule has 0 radical (unpaired) electrons. The van der Waals surface area contributed by atoms with E-state index < -0.39 is 0 Å². The summed E-state index contributed by atoms with van der Waals surface area (Å²) in [6.07, 6.45) is 9.05. The molecule has 0 saturated heterocycles. The molecular weight excluding hydrogens is 172 g/mol. The molecule has 1 saturated carbocycles. The van der Waals surface area contributed by atoms with Crippen LogP contribution < -0.4 is 0 Å². The summed E-state index contributed by atoms with van der Waals surface area (Å²) < 4.78 is 0. The molecule has 1 unspecified atom stereocenters. The number of hydrogen-bond acceptors (Lipinski definition) is 2. The van der Waals surface area contributed by atoms with Crippen LogP contribution in [0.1, 0.15) is 62.8 Å². The van der Waals surface area contributed by atoms with Crippen LogP contribution in [-0.2, 0) is 0 Å². The first kappa shape index (κ1) is 9.63. The van der Waals surface area contributed by atoms with E-state index in [1.54, 1.807) is 0 Å². The van der Waals surface area contributed by atoms with E-state index in [2.05, 4.69) is 23.8 Å². The van der Waals surface area contributed by atoms with Crippen LogP contribution in [0.3, 0.4) is 0 Å². The fourth-order valence-corrected chi connectivity index (χ4v) is 1.75. The second-order valence-corrected chi connectivity index (χ2v) is 4.34. The molecule has 1 aliphatic rings. The van der Waals surface area contributed by atoms with Gasteiger partial charge in [-0.3, -0.25) is 0 Å². The van der Waals surface area contributed by atoms with Crippen molar-refractivity contribution < 1.29 is 0 Å². The van der Waals surface area contributed by atoms with Gasteiger partial charge in [-0.25, -0.2) is 9.97 Å². The lowest BCUT2D eigenvalue weighted by Crippen LogP contribution is -1.98. The molecule has 76 valence electrons. The molecule has 1 fully saturated rings. The first-order valence-corrected chi connectivity index (χ1v) is 5.63. The van der Waals surface area contributed by atoms with Gasteiger partial charge in [-0.15, -0.1) is 0 Å². The second kappa shape index (κ2) is 4.07. The molecule has 1 aromatic heterocycles. The van der Waals surface area contributed by atoms with E-state index in [4.69, 9.17) is 0 Å². The van der Waals surface area contributed by atoms with Gasteiger partial charge in [0.05, 0.1) is 0 Å². The van der Waals surface area contributed by atoms with Gasteiger partial charge in [0.2, 0.25) is 0 Å². The van der Waals surface area contributed by atoms with Gasteiger partial charge in [-0.1, -0.05) is 20.3 Å². The topological polar surface area (TPSA) is 25.8 Å². The molecule has 0 amide bonds. The van der Waals surface area contributed by atoms with Crippen molar-refractivity contribution in [1.82, 2.24) is 9.97 Å². The predicted octanol–water partition coefficient (Wildman–Crippen LogP) is 3.26. The lowest BCUT2D eigenvalue weighted by Gasteiger charge is -2.09. The van der Waals surface area contributed by atoms with Crippen molar-refractivity contribution in [3.8, 4) is 0 Å². The molecule has 0 spiro atoms. The monoisotopic (exact) mass is 190 g/mol. The van der Waals surface area contributed by atoms with Crippen LogP contribution in [0.4, 0.5) is 0 Å². The summed E-state index contributed by atoms with van der Waals surface area (Å²) in [6.45, 7) is 4.47. The highest BCUT2D eigenvalue weighted by atomic mass is 14.9. The SMILES string of the molecule is CCCC(C)c1cnc(C2CC2)nc1. The summed E-state index contributed by atoms with van der Waals surface area (Å²) >= 11 is 0. The molecule has 0 aromatic carbocycles. The third-order valence-corrected chi connectivity index (χ3v) is 2.93. The number of aromatic nitrogens is 2. The van der Waals surface area contributed by atoms with Crippen molar-refractivity contribution in [2.75, 3.05) is 0 Å². The maximum absolute atomic E-state index is 4.43. The van der Waals surface area contributed by atoms with E-state index in [0.717, 1.165) is 5.82 Å². The fraction of sp³-hybridized carbons (Fsp3) is 0.667. The Bertz CT molecular complexity index is 288. The number of nitrogens with zero attached hydrogens (tertiary/aromatic N) is 2. The smallest absolute Gasteiger partial charge is 0.131 e. The van der Waals surface area contributed by atoms with Crippen molar-refractivity contribution in [3.05, 3.63) is 23.8 Å². The summed E-state index contributed by atoms with van der Waals surface area (Å²) in [6, 6.07) is 0. The summed E-state index contributed by atoms with van der Waals surface area (Å²) in [5.41, 5.74) is 1.29. The highest BCUT2D eigenvalue weighted by Gasteiger charge is 2.26. The summed E-state index contributed by atoms with van der Waals surface area (Å²) in [7, 11) is 0. The molecule has 0 N–H and O–H groups in total. The van der Waals surface area contributed by atoms with E-state index >= 15 is 0 Å². The largest absolute Gasteiger partial charge is 0.241 e. The maximum atomic E-state index is 4.43. The lowest BCUT2D eigenvalue weighted by atomic mass is 10.00. The normalized spacial score (nSPS) is 18.1. The van der Waals surface area contributed by atoms with Gasteiger partial charge < -0.3 is 0 Å². The maximum Gasteiger partial charge on any atom is 0.131 e. The van der Waals surface area contributed by atoms with E-state index in [-0.39, 0.29) is 0 Å². The zero-order valence-corrected chi connectivity index (χ0v) is 9.03. The van der Waals surface area contributed by atoms with Crippen LogP contribution in [0, 0.1) is 0 Å². The Kier molecular flexibility index (Phi) is 2.80. The van der Waals surface area contributed by atoms with Gasteiger partial charge in [-0.05, 0) is 30.7 Å². The Hall–Kier alpha value is -0.920. The van der Waals surface area contributed by atoms with Crippen LogP contribution in [0.2, 0.25) is 0 Å². The van der Waals surface area contributed by atoms with Gasteiger partial charge >= 0.3 is 0 Å². The van der Waals surface area contributed by atoms with Gasteiger partial charge in [0.25, 0.3) is 0 Å². The van der Waals surface area contributed by atoms with E-state index in [9.17, 15) is 0 Å². The van der Waals surface area contributed by atoms with E-state index in [0.29, 0.717) is 11.8 Å². The molecule has 14 heavy (non-hydrogen) atoms. The summed E-state index contributed by atoms with van der Waals surface area (Å²) in [5.74, 6) is 2.33. The minimum atomic E-state index is 0.605. The summed E-state index contributed by atoms with van der Waals surface area (Å²) in [4.78, 5) is 8.87. The zero-order chi connectivity index (χ0) is 9.97. The first-order chi connectivity index (χ1) is 6.81. The molecule has 1 aliphatic carbocycles. The molecule has 1 aromatic rings. The fourth-order valence-electron chi connectivity index (χ4n) is 1.75. The Morgan fingerprint density at radius 3 is 2.50 bits per heavy atom. The highest BCUT2D eigenvalue weighted by Crippen LogP contribution is 2.37. The van der Waals surface area contributed by atoms with Crippen LogP contribution in [-0.4, -0.2) is 9.97 Å². The molecular formula is C12H18N2. The average molecular weight is 190 g/mol. The third kappa shape index (κ3) is 2.11. The van der Waals surface area contributed by atoms with Crippen molar-refractivity contribution >= 4 is 0 Å². The number of rotatable bonds is 4. The van der Waals surface area contributed by atoms with Gasteiger partial charge in [0.15, 0.2) is 0 Å². The van der Waals surface area contributed by atoms with E-state index in [1.165, 1.54) is 31.2 Å². The van der Waals surface area contributed by atoms with Crippen molar-refractivity contribution in [2.45, 2.75) is 51.4 Å². The Labute approximate surface area is 85.8 Å². The van der Waals surface area contributed by atoms with Crippen LogP contribution in [0.15, 0.2) is 12.4 Å². The van der Waals surface area contributed by atoms with Gasteiger partial charge in [-0.2, -0.15) is 0 Å². The Morgan fingerprint density at radius 2 is 2.00 bits per heavy atom. The van der Waals surface area contributed by atoms with Crippen LogP contribution in [0.25, 0.3) is 0 Å². The molecule has 1 heterocycles. The van der Waals surface area contributed by atoms with Crippen LogP contribution in [0.5, 0.6) is 0 Å². The minimum Gasteiger partial charge on any atom is -0.241 e. The lowest BCUT2D eigenvalue weighted by molar-refractivity contribution is 0.657. The molecule has 0 bridgehead atoms. The highest BCUT2D eigenvalue weighted by molar-refractivity contribution is 5.14. The molecule has 2 nitrogen and oxygen atoms in total. The Morgan fingerprint density at radius 1 is 1.36 bits per heavy atom. The molecule has 1 atom stereocenters.